The van der Waals surface area contributed by atoms with E-state index in [2.05, 4.69) is 10.3 Å². The Morgan fingerprint density at radius 3 is 2.44 bits per heavy atom. The number of thiazole rings is 1. The number of phenolic OH excluding ortho intramolecular Hbond substituents is 1. The van der Waals surface area contributed by atoms with Crippen molar-refractivity contribution < 1.29 is 28.6 Å². The van der Waals surface area contributed by atoms with Crippen LogP contribution in [0.1, 0.15) is 22.8 Å². The van der Waals surface area contributed by atoms with E-state index in [4.69, 9.17) is 4.74 Å². The number of fused-ring (bicyclic) bond motifs is 9. The van der Waals surface area contributed by atoms with E-state index < -0.39 is 17.7 Å². The van der Waals surface area contributed by atoms with Gasteiger partial charge in [0.25, 0.3) is 5.91 Å². The lowest BCUT2D eigenvalue weighted by molar-refractivity contribution is -0.123. The number of phenols is 1. The van der Waals surface area contributed by atoms with Crippen molar-refractivity contribution >= 4 is 52.2 Å². The molecule has 2 aliphatic carbocycles. The maximum absolute atomic E-state index is 13.9. The number of nitrogens with zero attached hydrogens (tertiary/aromatic N) is 1. The summed E-state index contributed by atoms with van der Waals surface area (Å²) in [5.74, 6) is -2.22. The quantitative estimate of drug-likeness (QED) is 0.200. The van der Waals surface area contributed by atoms with Gasteiger partial charge in [-0.15, -0.1) is 11.8 Å². The van der Waals surface area contributed by atoms with Gasteiger partial charge < -0.3 is 20.1 Å². The van der Waals surface area contributed by atoms with Crippen LogP contribution in [0.4, 0.5) is 15.8 Å². The topological polar surface area (TPSA) is 129 Å². The summed E-state index contributed by atoms with van der Waals surface area (Å²) in [5, 5.41) is 13.0. The van der Waals surface area contributed by atoms with Crippen molar-refractivity contribution in [1.29, 1.82) is 0 Å². The second-order valence-corrected chi connectivity index (χ2v) is 14.1. The summed E-state index contributed by atoms with van der Waals surface area (Å²) in [4.78, 5) is 58.0. The molecular weight excluding hydrogens is 618 g/mol. The van der Waals surface area contributed by atoms with E-state index in [1.807, 2.05) is 18.2 Å². The van der Waals surface area contributed by atoms with Gasteiger partial charge in [-0.25, -0.2) is 4.39 Å². The number of hydrogen-bond acceptors (Lipinski definition) is 8. The molecule has 228 valence electrons. The molecule has 0 radical (unpaired) electrons. The summed E-state index contributed by atoms with van der Waals surface area (Å²) in [6, 6.07) is 19.0. The first-order valence-electron chi connectivity index (χ1n) is 14.6. The largest absolute Gasteiger partial charge is 0.508 e. The lowest BCUT2D eigenvalue weighted by atomic mass is 9.68. The van der Waals surface area contributed by atoms with Gasteiger partial charge in [0.15, 0.2) is 6.61 Å². The van der Waals surface area contributed by atoms with Crippen LogP contribution in [0.5, 0.6) is 11.5 Å². The Balaban J connectivity index is 1.12. The molecule has 45 heavy (non-hydrogen) atoms. The van der Waals surface area contributed by atoms with E-state index in [1.165, 1.54) is 41.3 Å². The third kappa shape index (κ3) is 4.49. The zero-order valence-electron chi connectivity index (χ0n) is 23.5. The molecule has 2 bridgehead atoms. The normalized spacial score (nSPS) is 27.7. The van der Waals surface area contributed by atoms with Crippen molar-refractivity contribution in [2.45, 2.75) is 22.6 Å². The molecule has 1 aromatic heterocycles. The van der Waals surface area contributed by atoms with Crippen LogP contribution in [0.15, 0.2) is 82.6 Å². The van der Waals surface area contributed by atoms with E-state index in [0.29, 0.717) is 17.1 Å². The highest BCUT2D eigenvalue weighted by atomic mass is 32.2. The van der Waals surface area contributed by atoms with Gasteiger partial charge in [-0.1, -0.05) is 29.5 Å². The highest BCUT2D eigenvalue weighted by Crippen LogP contribution is 2.69. The van der Waals surface area contributed by atoms with Crippen molar-refractivity contribution in [1.82, 2.24) is 4.98 Å². The van der Waals surface area contributed by atoms with E-state index in [-0.39, 0.29) is 63.9 Å². The molecule has 3 fully saturated rings. The molecule has 9 nitrogen and oxygen atoms in total. The number of benzene rings is 3. The van der Waals surface area contributed by atoms with E-state index in [0.717, 1.165) is 33.2 Å². The smallest absolute Gasteiger partial charge is 0.305 e. The molecule has 6 unspecified atom stereocenters. The molecule has 0 spiro atoms. The van der Waals surface area contributed by atoms with Crippen LogP contribution in [0.25, 0.3) is 0 Å². The second-order valence-electron chi connectivity index (χ2n) is 11.9. The second kappa shape index (κ2) is 10.6. The number of H-pyrrole nitrogens is 1. The average Bonchev–Trinajstić information content (AvgIpc) is 3.77. The van der Waals surface area contributed by atoms with Gasteiger partial charge in [0.05, 0.1) is 22.5 Å². The van der Waals surface area contributed by atoms with Gasteiger partial charge in [-0.3, -0.25) is 24.1 Å². The van der Waals surface area contributed by atoms with Crippen LogP contribution in [0, 0.1) is 35.4 Å². The molecule has 4 aliphatic rings. The lowest BCUT2D eigenvalue weighted by Gasteiger charge is -2.43. The fraction of sp³-hybridized carbons (Fsp3) is 0.273. The fourth-order valence-electron chi connectivity index (χ4n) is 7.96. The Kier molecular flexibility index (Phi) is 6.61. The number of halogens is 1. The third-order valence-corrected chi connectivity index (χ3v) is 12.2. The zero-order valence-corrected chi connectivity index (χ0v) is 25.1. The number of ether oxygens (including phenoxy) is 1. The number of thioether (sulfide) groups is 1. The molecule has 3 N–H and O–H groups in total. The number of carbonyl (C=O) groups excluding carboxylic acids is 3. The number of para-hydroxylation sites is 1. The lowest BCUT2D eigenvalue weighted by Crippen LogP contribution is -2.42. The van der Waals surface area contributed by atoms with E-state index in [1.54, 1.807) is 30.0 Å². The molecular formula is C33H26FN3O6S2. The Morgan fingerprint density at radius 1 is 0.978 bits per heavy atom. The minimum absolute atomic E-state index is 0.0187. The minimum Gasteiger partial charge on any atom is -0.508 e. The maximum atomic E-state index is 13.9. The van der Waals surface area contributed by atoms with Gasteiger partial charge in [-0.2, -0.15) is 0 Å². The van der Waals surface area contributed by atoms with Gasteiger partial charge in [0.2, 0.25) is 11.8 Å². The summed E-state index contributed by atoms with van der Waals surface area (Å²) < 4.78 is 19.7. The summed E-state index contributed by atoms with van der Waals surface area (Å²) in [5.41, 5.74) is 1.71. The van der Waals surface area contributed by atoms with Crippen molar-refractivity contribution in [2.75, 3.05) is 16.8 Å². The highest BCUT2D eigenvalue weighted by molar-refractivity contribution is 8.00. The number of aromatic nitrogens is 1. The van der Waals surface area contributed by atoms with Crippen LogP contribution in [-0.2, 0) is 14.4 Å². The summed E-state index contributed by atoms with van der Waals surface area (Å²) in [7, 11) is 0. The van der Waals surface area contributed by atoms with E-state index in [9.17, 15) is 28.7 Å². The predicted molar refractivity (Wildman–Crippen MR) is 166 cm³/mol. The Morgan fingerprint density at radius 2 is 1.69 bits per heavy atom. The zero-order chi connectivity index (χ0) is 31.0. The SMILES string of the molecule is O=C(COc1ccccc1[C@H]1c2sc(=O)[nH]c2SC2C3CC(C4C(=O)N(c5ccc(F)cc5)C(=O)C34)C21)Nc1ccc(O)cc1. The number of hydrogen-bond donors (Lipinski definition) is 3. The highest BCUT2D eigenvalue weighted by Gasteiger charge is 2.69. The number of amides is 3. The number of aromatic amines is 1. The van der Waals surface area contributed by atoms with Crippen molar-refractivity contribution in [3.8, 4) is 11.5 Å². The average molecular weight is 644 g/mol. The monoisotopic (exact) mass is 643 g/mol. The van der Waals surface area contributed by atoms with Gasteiger partial charge >= 0.3 is 4.87 Å². The summed E-state index contributed by atoms with van der Waals surface area (Å²) >= 11 is 2.73. The predicted octanol–water partition coefficient (Wildman–Crippen LogP) is 4.98. The first-order valence-corrected chi connectivity index (χ1v) is 16.3. The molecule has 3 heterocycles. The van der Waals surface area contributed by atoms with E-state index >= 15 is 0 Å². The Labute approximate surface area is 264 Å². The standard InChI is InChI=1S/C33H26FN3O6S2/c34-15-5-9-17(10-6-15)37-31(40)26-20-13-21(27(26)32(37)41)28-25(20)24(29-30(44-28)36-33(42)45-29)19-3-1-2-4-22(19)43-14-23(39)35-16-7-11-18(38)12-8-16/h1-12,20-21,24-28,38H,13-14H2,(H,35,39)(H,36,42)/t20?,21?,24-,25?,26?,27?,28?/m1/s1. The molecule has 8 rings (SSSR count). The maximum Gasteiger partial charge on any atom is 0.305 e. The third-order valence-electron chi connectivity index (χ3n) is 9.57. The molecule has 12 heteroatoms. The van der Waals surface area contributed by atoms with Crippen LogP contribution in [0.3, 0.4) is 0 Å². The fourth-order valence-corrected chi connectivity index (χ4v) is 10.8. The van der Waals surface area contributed by atoms with Crippen molar-refractivity contribution in [3.63, 3.8) is 0 Å². The molecule has 1 saturated heterocycles. The molecule has 3 aromatic carbocycles. The number of imide groups is 1. The van der Waals surface area contributed by atoms with Gasteiger partial charge in [-0.05, 0) is 78.8 Å². The first-order chi connectivity index (χ1) is 21.8. The first kappa shape index (κ1) is 28.1. The Hall–Kier alpha value is -4.42. The number of aromatic hydroxyl groups is 1. The van der Waals surface area contributed by atoms with Crippen LogP contribution in [0.2, 0.25) is 0 Å². The minimum atomic E-state index is -0.502. The Bertz CT molecular complexity index is 1910. The van der Waals surface area contributed by atoms with Crippen LogP contribution < -0.4 is 19.8 Å². The molecule has 3 amide bonds. The number of nitrogens with one attached hydrogen (secondary N) is 2. The summed E-state index contributed by atoms with van der Waals surface area (Å²) in [6.07, 6.45) is 0.722. The van der Waals surface area contributed by atoms with Crippen LogP contribution in [-0.4, -0.2) is 39.7 Å². The number of rotatable bonds is 6. The van der Waals surface area contributed by atoms with Gasteiger partial charge in [0, 0.05) is 27.3 Å². The molecule has 4 aromatic rings. The van der Waals surface area contributed by atoms with Crippen LogP contribution >= 0.6 is 23.1 Å². The number of anilines is 2. The van der Waals surface area contributed by atoms with Crippen molar-refractivity contribution in [2.24, 2.45) is 29.6 Å². The molecule has 2 aliphatic heterocycles. The van der Waals surface area contributed by atoms with Crippen molar-refractivity contribution in [3.05, 3.63) is 98.7 Å². The number of carbonyl (C=O) groups is 3. The summed E-state index contributed by atoms with van der Waals surface area (Å²) in [6.45, 7) is -0.264. The van der Waals surface area contributed by atoms with Gasteiger partial charge in [0.1, 0.15) is 17.3 Å². The molecule has 2 saturated carbocycles. The molecule has 7 atom stereocenters.